The molecule has 3 aromatic heterocycles. The molecular weight excluding hydrogens is 440 g/mol. The van der Waals surface area contributed by atoms with Crippen LogP contribution in [0.3, 0.4) is 0 Å². The molecule has 2 fully saturated rings. The van der Waals surface area contributed by atoms with Gasteiger partial charge in [-0.25, -0.2) is 9.50 Å². The van der Waals surface area contributed by atoms with Crippen LogP contribution in [0, 0.1) is 6.92 Å². The zero-order valence-corrected chi connectivity index (χ0v) is 19.7. The second kappa shape index (κ2) is 9.11. The molecule has 178 valence electrons. The van der Waals surface area contributed by atoms with Gasteiger partial charge in [-0.2, -0.15) is 5.10 Å². The third-order valence-corrected chi connectivity index (χ3v) is 6.67. The molecule has 2 N–H and O–H groups in total. The Labute approximate surface area is 203 Å². The Morgan fingerprint density at radius 3 is 2.71 bits per heavy atom. The largest absolute Gasteiger partial charge is 0.379 e. The molecule has 0 bridgehead atoms. The fourth-order valence-electron chi connectivity index (χ4n) is 4.56. The van der Waals surface area contributed by atoms with Gasteiger partial charge in [0.05, 0.1) is 29.4 Å². The number of pyridine rings is 1. The van der Waals surface area contributed by atoms with Gasteiger partial charge < -0.3 is 15.4 Å². The van der Waals surface area contributed by atoms with Crippen LogP contribution in [0.4, 0.5) is 5.69 Å². The monoisotopic (exact) mass is 468 g/mol. The van der Waals surface area contributed by atoms with Crippen LogP contribution in [0.1, 0.15) is 41.6 Å². The number of imidazole rings is 1. The van der Waals surface area contributed by atoms with Crippen molar-refractivity contribution in [2.45, 2.75) is 44.8 Å². The summed E-state index contributed by atoms with van der Waals surface area (Å²) in [5.41, 5.74) is 6.93. The van der Waals surface area contributed by atoms with Crippen LogP contribution in [-0.4, -0.2) is 50.8 Å². The highest BCUT2D eigenvalue weighted by Crippen LogP contribution is 2.29. The summed E-state index contributed by atoms with van der Waals surface area (Å²) in [7, 11) is 0. The standard InChI is InChI=1S/C27H28N6O2/c1-17-13-19(4-7-22(17)27(34)31-20-5-6-20)25-16-30-26-24(29-15-21-3-2-12-35-21)14-23(32-33(25)26)18-8-10-28-11-9-18/h4,7-11,13-14,16,20-21,29H,2-3,5-6,12,15H2,1H3,(H,31,34)/t21-/m1/s1. The van der Waals surface area contributed by atoms with Crippen LogP contribution >= 0.6 is 0 Å². The van der Waals surface area contributed by atoms with E-state index in [-0.39, 0.29) is 12.0 Å². The van der Waals surface area contributed by atoms with Crippen molar-refractivity contribution in [1.29, 1.82) is 0 Å². The van der Waals surface area contributed by atoms with Gasteiger partial charge in [0, 0.05) is 48.3 Å². The first-order valence-electron chi connectivity index (χ1n) is 12.2. The van der Waals surface area contributed by atoms with Crippen LogP contribution in [0.15, 0.2) is 55.0 Å². The van der Waals surface area contributed by atoms with E-state index in [0.29, 0.717) is 11.6 Å². The molecule has 6 rings (SSSR count). The smallest absolute Gasteiger partial charge is 0.251 e. The topological polar surface area (TPSA) is 93.4 Å². The number of hydrogen-bond acceptors (Lipinski definition) is 6. The van der Waals surface area contributed by atoms with Crippen molar-refractivity contribution in [3.8, 4) is 22.5 Å². The molecule has 1 aliphatic carbocycles. The minimum Gasteiger partial charge on any atom is -0.379 e. The first-order chi connectivity index (χ1) is 17.2. The molecule has 0 radical (unpaired) electrons. The molecule has 1 saturated carbocycles. The third-order valence-electron chi connectivity index (χ3n) is 6.67. The predicted octanol–water partition coefficient (Wildman–Crippen LogP) is 4.25. The predicted molar refractivity (Wildman–Crippen MR) is 134 cm³/mol. The molecule has 1 amide bonds. The highest BCUT2D eigenvalue weighted by molar-refractivity contribution is 5.96. The lowest BCUT2D eigenvalue weighted by Crippen LogP contribution is -2.26. The second-order valence-corrected chi connectivity index (χ2v) is 9.35. The Balaban J connectivity index is 1.39. The number of anilines is 1. The number of amides is 1. The van der Waals surface area contributed by atoms with E-state index >= 15 is 0 Å². The number of aromatic nitrogens is 4. The molecule has 4 aromatic rings. The molecule has 35 heavy (non-hydrogen) atoms. The van der Waals surface area contributed by atoms with Gasteiger partial charge in [0.2, 0.25) is 0 Å². The lowest BCUT2D eigenvalue weighted by molar-refractivity contribution is 0.0950. The van der Waals surface area contributed by atoms with Crippen molar-refractivity contribution in [3.63, 3.8) is 0 Å². The van der Waals surface area contributed by atoms with Gasteiger partial charge in [0.15, 0.2) is 5.65 Å². The maximum absolute atomic E-state index is 12.6. The number of fused-ring (bicyclic) bond motifs is 1. The molecule has 4 heterocycles. The van der Waals surface area contributed by atoms with Gasteiger partial charge in [-0.1, -0.05) is 6.07 Å². The number of ether oxygens (including phenoxy) is 1. The second-order valence-electron chi connectivity index (χ2n) is 9.35. The molecule has 0 spiro atoms. The Morgan fingerprint density at radius 1 is 1.11 bits per heavy atom. The first-order valence-corrected chi connectivity index (χ1v) is 12.2. The van der Waals surface area contributed by atoms with Gasteiger partial charge in [0.25, 0.3) is 5.91 Å². The van der Waals surface area contributed by atoms with E-state index in [9.17, 15) is 4.79 Å². The van der Waals surface area contributed by atoms with Crippen molar-refractivity contribution < 1.29 is 9.53 Å². The van der Waals surface area contributed by atoms with Crippen LogP contribution in [0.2, 0.25) is 0 Å². The number of rotatable bonds is 7. The molecular formula is C27H28N6O2. The lowest BCUT2D eigenvalue weighted by atomic mass is 10.0. The van der Waals surface area contributed by atoms with Crippen molar-refractivity contribution in [2.24, 2.45) is 0 Å². The third kappa shape index (κ3) is 4.49. The summed E-state index contributed by atoms with van der Waals surface area (Å²) in [6.45, 7) is 3.52. The quantitative estimate of drug-likeness (QED) is 0.421. The summed E-state index contributed by atoms with van der Waals surface area (Å²) >= 11 is 0. The van der Waals surface area contributed by atoms with Gasteiger partial charge in [0.1, 0.15) is 0 Å². The molecule has 1 saturated heterocycles. The number of nitrogens with zero attached hydrogens (tertiary/aromatic N) is 4. The van der Waals surface area contributed by atoms with E-state index in [1.54, 1.807) is 12.4 Å². The summed E-state index contributed by atoms with van der Waals surface area (Å²) in [5.74, 6) is -0.00610. The first kappa shape index (κ1) is 21.7. The maximum atomic E-state index is 12.6. The Bertz CT molecular complexity index is 1370. The fourth-order valence-corrected chi connectivity index (χ4v) is 4.56. The highest BCUT2D eigenvalue weighted by atomic mass is 16.5. The summed E-state index contributed by atoms with van der Waals surface area (Å²) < 4.78 is 7.68. The molecule has 8 heteroatoms. The van der Waals surface area contributed by atoms with Crippen molar-refractivity contribution >= 4 is 17.2 Å². The van der Waals surface area contributed by atoms with Gasteiger partial charge in [-0.3, -0.25) is 9.78 Å². The average molecular weight is 469 g/mol. The molecule has 1 aliphatic heterocycles. The van der Waals surface area contributed by atoms with Crippen LogP contribution in [-0.2, 0) is 4.74 Å². The number of benzene rings is 1. The van der Waals surface area contributed by atoms with Crippen molar-refractivity contribution in [1.82, 2.24) is 24.9 Å². The van der Waals surface area contributed by atoms with E-state index in [1.165, 1.54) is 0 Å². The Morgan fingerprint density at radius 2 is 1.97 bits per heavy atom. The maximum Gasteiger partial charge on any atom is 0.251 e. The molecule has 2 aliphatic rings. The molecule has 1 aromatic carbocycles. The summed E-state index contributed by atoms with van der Waals surface area (Å²) in [6, 6.07) is 12.2. The van der Waals surface area contributed by atoms with Crippen LogP contribution in [0.5, 0.6) is 0 Å². The minimum absolute atomic E-state index is 0.00610. The highest BCUT2D eigenvalue weighted by Gasteiger charge is 2.25. The zero-order valence-electron chi connectivity index (χ0n) is 19.7. The zero-order chi connectivity index (χ0) is 23.8. The fraction of sp³-hybridized carbons (Fsp3) is 0.333. The minimum atomic E-state index is -0.00610. The number of aryl methyl sites for hydroxylation is 1. The SMILES string of the molecule is Cc1cc(-c2cnc3c(NC[C@H]4CCCO4)cc(-c4ccncc4)nn23)ccc1C(=O)NC1CC1. The van der Waals surface area contributed by atoms with Crippen molar-refractivity contribution in [2.75, 3.05) is 18.5 Å². The Hall–Kier alpha value is -3.78. The Kier molecular flexibility index (Phi) is 5.66. The lowest BCUT2D eigenvalue weighted by Gasteiger charge is -2.14. The normalized spacial score (nSPS) is 17.6. The number of nitrogens with one attached hydrogen (secondary N) is 2. The summed E-state index contributed by atoms with van der Waals surface area (Å²) in [6.07, 6.45) is 9.88. The molecule has 0 unspecified atom stereocenters. The van der Waals surface area contributed by atoms with Crippen LogP contribution in [0.25, 0.3) is 28.2 Å². The summed E-state index contributed by atoms with van der Waals surface area (Å²) in [4.78, 5) is 21.4. The molecule has 8 nitrogen and oxygen atoms in total. The number of hydrogen-bond donors (Lipinski definition) is 2. The van der Waals surface area contributed by atoms with E-state index in [2.05, 4.69) is 15.6 Å². The van der Waals surface area contributed by atoms with E-state index in [4.69, 9.17) is 14.8 Å². The van der Waals surface area contributed by atoms with E-state index in [0.717, 1.165) is 78.2 Å². The molecule has 1 atom stereocenters. The van der Waals surface area contributed by atoms with Gasteiger partial charge in [-0.15, -0.1) is 0 Å². The van der Waals surface area contributed by atoms with E-state index < -0.39 is 0 Å². The van der Waals surface area contributed by atoms with Crippen molar-refractivity contribution in [3.05, 3.63) is 66.1 Å². The van der Waals surface area contributed by atoms with E-state index in [1.807, 2.05) is 54.0 Å². The van der Waals surface area contributed by atoms with Gasteiger partial charge >= 0.3 is 0 Å². The van der Waals surface area contributed by atoms with Crippen LogP contribution < -0.4 is 10.6 Å². The number of carbonyl (C=O) groups is 1. The summed E-state index contributed by atoms with van der Waals surface area (Å²) in [5, 5.41) is 11.6. The van der Waals surface area contributed by atoms with Gasteiger partial charge in [-0.05, 0) is 68.5 Å². The number of carbonyl (C=O) groups excluding carboxylic acids is 1. The average Bonchev–Trinajstić information content (AvgIpc) is 3.35.